The molecular weight excluding hydrogens is 197 g/mol. The van der Waals surface area contributed by atoms with E-state index in [2.05, 4.69) is 25.8 Å². The summed E-state index contributed by atoms with van der Waals surface area (Å²) >= 11 is 0. The Morgan fingerprint density at radius 1 is 1.44 bits per heavy atom. The van der Waals surface area contributed by atoms with E-state index in [0.29, 0.717) is 23.3 Å². The first-order valence-corrected chi connectivity index (χ1v) is 6.71. The Balaban J connectivity index is 2.09. The molecule has 0 aromatic rings. The normalized spacial score (nSPS) is 35.9. The predicted molar refractivity (Wildman–Crippen MR) is 67.9 cm³/mol. The minimum absolute atomic E-state index is 0.352. The van der Waals surface area contributed by atoms with Crippen LogP contribution >= 0.6 is 0 Å². The lowest BCUT2D eigenvalue weighted by Gasteiger charge is -2.57. The summed E-state index contributed by atoms with van der Waals surface area (Å²) in [5.41, 5.74) is 0.352. The number of nitrogens with zero attached hydrogens (tertiary/aromatic N) is 1. The molecule has 2 nitrogen and oxygen atoms in total. The molecule has 2 rings (SSSR count). The summed E-state index contributed by atoms with van der Waals surface area (Å²) in [5, 5.41) is 0. The molecular formula is C13H24BNO. The van der Waals surface area contributed by atoms with Crippen molar-refractivity contribution in [1.29, 1.82) is 0 Å². The van der Waals surface area contributed by atoms with Crippen LogP contribution in [-0.4, -0.2) is 44.6 Å². The highest BCUT2D eigenvalue weighted by Crippen LogP contribution is 2.44. The third kappa shape index (κ3) is 1.82. The Morgan fingerprint density at radius 3 is 2.56 bits per heavy atom. The van der Waals surface area contributed by atoms with Crippen molar-refractivity contribution < 1.29 is 4.74 Å². The highest BCUT2D eigenvalue weighted by atomic mass is 16.5. The summed E-state index contributed by atoms with van der Waals surface area (Å²) < 4.78 is 5.43. The van der Waals surface area contributed by atoms with Gasteiger partial charge < -0.3 is 4.74 Å². The van der Waals surface area contributed by atoms with Crippen LogP contribution in [0, 0.1) is 5.92 Å². The van der Waals surface area contributed by atoms with Crippen LogP contribution < -0.4 is 0 Å². The smallest absolute Gasteiger partial charge is 0.0703 e. The zero-order valence-corrected chi connectivity index (χ0v) is 10.9. The van der Waals surface area contributed by atoms with Gasteiger partial charge in [-0.2, -0.15) is 0 Å². The van der Waals surface area contributed by atoms with Gasteiger partial charge in [-0.25, -0.2) is 0 Å². The second-order valence-corrected chi connectivity index (χ2v) is 5.58. The molecule has 3 heteroatoms. The summed E-state index contributed by atoms with van der Waals surface area (Å²) in [5.74, 6) is 1.04. The van der Waals surface area contributed by atoms with Crippen LogP contribution in [0.1, 0.15) is 39.5 Å². The molecule has 2 heterocycles. The quantitative estimate of drug-likeness (QED) is 0.677. The summed E-state index contributed by atoms with van der Waals surface area (Å²) in [6, 6.07) is 0.646. The Morgan fingerprint density at radius 2 is 2.12 bits per heavy atom. The van der Waals surface area contributed by atoms with Crippen molar-refractivity contribution in [1.82, 2.24) is 4.90 Å². The zero-order valence-electron chi connectivity index (χ0n) is 10.9. The molecule has 0 aliphatic carbocycles. The number of hydrogen-bond donors (Lipinski definition) is 0. The second-order valence-electron chi connectivity index (χ2n) is 5.58. The van der Waals surface area contributed by atoms with Crippen LogP contribution in [0.5, 0.6) is 0 Å². The lowest BCUT2D eigenvalue weighted by Crippen LogP contribution is -2.67. The van der Waals surface area contributed by atoms with E-state index in [1.54, 1.807) is 0 Å². The van der Waals surface area contributed by atoms with Gasteiger partial charge in [-0.1, -0.05) is 26.1 Å². The Kier molecular flexibility index (Phi) is 3.65. The molecule has 2 radical (unpaired) electrons. The van der Waals surface area contributed by atoms with Gasteiger partial charge in [-0.3, -0.25) is 4.90 Å². The van der Waals surface area contributed by atoms with Gasteiger partial charge in [0, 0.05) is 6.04 Å². The van der Waals surface area contributed by atoms with Crippen LogP contribution in [0.25, 0.3) is 0 Å². The van der Waals surface area contributed by atoms with E-state index in [4.69, 9.17) is 12.6 Å². The molecule has 0 N–H and O–H groups in total. The lowest BCUT2D eigenvalue weighted by molar-refractivity contribution is -0.174. The average Bonchev–Trinajstić information content (AvgIpc) is 2.25. The first-order chi connectivity index (χ1) is 7.64. The largest absolute Gasteiger partial charge is 0.377 e. The maximum absolute atomic E-state index is 6.27. The molecule has 0 aromatic carbocycles. The first-order valence-electron chi connectivity index (χ1n) is 6.71. The maximum Gasteiger partial charge on any atom is 0.0703 e. The number of ether oxygens (including phenoxy) is 1. The predicted octanol–water partition coefficient (Wildman–Crippen LogP) is 2.24. The molecule has 0 aromatic heterocycles. The van der Waals surface area contributed by atoms with Gasteiger partial charge in [0.05, 0.1) is 26.6 Å². The number of rotatable bonds is 3. The van der Waals surface area contributed by atoms with Gasteiger partial charge in [0.25, 0.3) is 0 Å². The summed E-state index contributed by atoms with van der Waals surface area (Å²) in [7, 11) is 8.54. The lowest BCUT2D eigenvalue weighted by atomic mass is 9.64. The standard InChI is InChI=1S/C13H24BNO/c1-4-11(14)10-6-7-13(8-16-9-13)15(3)12(10)5-2/h10-12H,4-9H2,1-3H3. The first kappa shape index (κ1) is 12.4. The van der Waals surface area contributed by atoms with Crippen molar-refractivity contribution >= 4 is 7.85 Å². The number of piperidine rings is 1. The molecule has 2 aliphatic rings. The molecule has 0 amide bonds. The average molecular weight is 221 g/mol. The molecule has 0 bridgehead atoms. The summed E-state index contributed by atoms with van der Waals surface area (Å²) in [4.78, 5) is 2.57. The van der Waals surface area contributed by atoms with Crippen molar-refractivity contribution in [2.75, 3.05) is 20.3 Å². The fourth-order valence-electron chi connectivity index (χ4n) is 3.51. The summed E-state index contributed by atoms with van der Waals surface area (Å²) in [6.07, 6.45) is 4.84. The monoisotopic (exact) mass is 221 g/mol. The molecule has 90 valence electrons. The van der Waals surface area contributed by atoms with E-state index >= 15 is 0 Å². The molecule has 3 unspecified atom stereocenters. The van der Waals surface area contributed by atoms with Gasteiger partial charge >= 0.3 is 0 Å². The van der Waals surface area contributed by atoms with Crippen LogP contribution in [0.15, 0.2) is 0 Å². The molecule has 1 spiro atoms. The van der Waals surface area contributed by atoms with Crippen molar-refractivity contribution in [3.8, 4) is 0 Å². The molecule has 2 aliphatic heterocycles. The maximum atomic E-state index is 6.27. The minimum atomic E-state index is 0.352. The zero-order chi connectivity index (χ0) is 11.8. The Labute approximate surface area is 101 Å². The molecule has 16 heavy (non-hydrogen) atoms. The molecule has 3 atom stereocenters. The fourth-order valence-corrected chi connectivity index (χ4v) is 3.51. The SMILES string of the molecule is [B]C(CC)C1CCC2(COC2)N(C)C1CC. The molecule has 0 saturated carbocycles. The van der Waals surface area contributed by atoms with Crippen molar-refractivity contribution in [2.24, 2.45) is 5.92 Å². The van der Waals surface area contributed by atoms with Crippen LogP contribution in [0.3, 0.4) is 0 Å². The summed E-state index contributed by atoms with van der Waals surface area (Å²) in [6.45, 7) is 6.34. The third-order valence-corrected chi connectivity index (χ3v) is 4.86. The van der Waals surface area contributed by atoms with Crippen molar-refractivity contribution in [3.05, 3.63) is 0 Å². The van der Waals surface area contributed by atoms with E-state index in [-0.39, 0.29) is 0 Å². The Bertz CT molecular complexity index is 240. The minimum Gasteiger partial charge on any atom is -0.377 e. The van der Waals surface area contributed by atoms with Crippen LogP contribution in [0.2, 0.25) is 5.82 Å². The van der Waals surface area contributed by atoms with Gasteiger partial charge in [0.15, 0.2) is 0 Å². The van der Waals surface area contributed by atoms with Gasteiger partial charge in [0.1, 0.15) is 0 Å². The fraction of sp³-hybridized carbons (Fsp3) is 1.00. The van der Waals surface area contributed by atoms with Crippen molar-refractivity contribution in [3.63, 3.8) is 0 Å². The highest BCUT2D eigenvalue weighted by molar-refractivity contribution is 6.11. The van der Waals surface area contributed by atoms with Gasteiger partial charge in [-0.05, 0) is 32.2 Å². The van der Waals surface area contributed by atoms with E-state index in [9.17, 15) is 0 Å². The van der Waals surface area contributed by atoms with E-state index < -0.39 is 0 Å². The van der Waals surface area contributed by atoms with E-state index in [1.807, 2.05) is 0 Å². The highest BCUT2D eigenvalue weighted by Gasteiger charge is 2.49. The van der Waals surface area contributed by atoms with E-state index in [0.717, 1.165) is 19.6 Å². The molecule has 2 saturated heterocycles. The topological polar surface area (TPSA) is 12.5 Å². The Hall–Kier alpha value is -0.0151. The third-order valence-electron chi connectivity index (χ3n) is 4.86. The number of likely N-dealkylation sites (tertiary alicyclic amines) is 1. The molecule has 2 fully saturated rings. The number of hydrogen-bond acceptors (Lipinski definition) is 2. The van der Waals surface area contributed by atoms with Crippen molar-refractivity contribution in [2.45, 2.75) is 56.9 Å². The van der Waals surface area contributed by atoms with Gasteiger partial charge in [-0.15, -0.1) is 0 Å². The van der Waals surface area contributed by atoms with E-state index in [1.165, 1.54) is 19.3 Å². The number of likely N-dealkylation sites (N-methyl/N-ethyl adjacent to an activating group) is 1. The second kappa shape index (κ2) is 4.69. The van der Waals surface area contributed by atoms with Gasteiger partial charge in [0.2, 0.25) is 0 Å². The van der Waals surface area contributed by atoms with Crippen LogP contribution in [0.4, 0.5) is 0 Å². The van der Waals surface area contributed by atoms with Crippen LogP contribution in [-0.2, 0) is 4.74 Å².